The third kappa shape index (κ3) is 5.17. The zero-order chi connectivity index (χ0) is 18.9. The molecular formula is C23H21FNO2. The van der Waals surface area contributed by atoms with Gasteiger partial charge in [-0.2, -0.15) is 0 Å². The Morgan fingerprint density at radius 3 is 2.52 bits per heavy atom. The van der Waals surface area contributed by atoms with Gasteiger partial charge in [-0.05, 0) is 41.8 Å². The fourth-order valence-corrected chi connectivity index (χ4v) is 2.65. The van der Waals surface area contributed by atoms with Crippen molar-refractivity contribution in [2.75, 3.05) is 13.2 Å². The molecule has 0 saturated heterocycles. The van der Waals surface area contributed by atoms with Crippen LogP contribution in [-0.4, -0.2) is 18.9 Å². The first-order valence-electron chi connectivity index (χ1n) is 8.91. The number of hydrogen-bond donors (Lipinski definition) is 0. The lowest BCUT2D eigenvalue weighted by Crippen LogP contribution is -2.06. The van der Waals surface area contributed by atoms with E-state index in [9.17, 15) is 4.39 Å². The second-order valence-electron chi connectivity index (χ2n) is 5.87. The predicted molar refractivity (Wildman–Crippen MR) is 105 cm³/mol. The Morgan fingerprint density at radius 2 is 1.81 bits per heavy atom. The Kier molecular flexibility index (Phi) is 6.58. The van der Waals surface area contributed by atoms with E-state index in [1.807, 2.05) is 55.5 Å². The van der Waals surface area contributed by atoms with Gasteiger partial charge < -0.3 is 9.57 Å². The number of benzene rings is 3. The fourth-order valence-electron chi connectivity index (χ4n) is 2.65. The highest BCUT2D eigenvalue weighted by atomic mass is 19.1. The predicted octanol–water partition coefficient (Wildman–Crippen LogP) is 5.50. The molecule has 0 unspecified atom stereocenters. The average molecular weight is 362 g/mol. The van der Waals surface area contributed by atoms with E-state index in [4.69, 9.17) is 9.57 Å². The van der Waals surface area contributed by atoms with Crippen molar-refractivity contribution in [2.24, 2.45) is 5.16 Å². The molecule has 0 fully saturated rings. The monoisotopic (exact) mass is 362 g/mol. The van der Waals surface area contributed by atoms with Gasteiger partial charge in [0.15, 0.2) is 6.61 Å². The molecule has 0 saturated carbocycles. The molecular weight excluding hydrogens is 341 g/mol. The molecule has 0 N–H and O–H groups in total. The zero-order valence-electron chi connectivity index (χ0n) is 15.2. The highest BCUT2D eigenvalue weighted by Crippen LogP contribution is 2.23. The van der Waals surface area contributed by atoms with Crippen molar-refractivity contribution in [3.05, 3.63) is 90.2 Å². The van der Waals surface area contributed by atoms with Crippen LogP contribution in [0.4, 0.5) is 4.39 Å². The largest absolute Gasteiger partial charge is 0.490 e. The summed E-state index contributed by atoms with van der Waals surface area (Å²) in [4.78, 5) is 5.39. The van der Waals surface area contributed by atoms with Crippen LogP contribution in [0.15, 0.2) is 78.0 Å². The van der Waals surface area contributed by atoms with Crippen molar-refractivity contribution in [2.45, 2.75) is 13.3 Å². The molecule has 0 amide bonds. The fraction of sp³-hybridized carbons (Fsp3) is 0.174. The highest BCUT2D eigenvalue weighted by Gasteiger charge is 2.06. The number of nitrogens with zero attached hydrogens (tertiary/aromatic N) is 1. The maximum Gasteiger partial charge on any atom is 0.151 e. The Bertz CT molecular complexity index is 876. The standard InChI is InChI=1S/C23H21FNO2/c1-2-23(25-27-17-16-26-20-8-4-3-5-9-20)19-14-12-18(13-15-19)21-10-6-7-11-22(21)24/h3-4,6-15H,2,16-17H2,1H3. The van der Waals surface area contributed by atoms with Crippen LogP contribution >= 0.6 is 0 Å². The molecule has 4 heteroatoms. The summed E-state index contributed by atoms with van der Waals surface area (Å²) in [5.74, 6) is 0.526. The van der Waals surface area contributed by atoms with Gasteiger partial charge in [0, 0.05) is 5.56 Å². The lowest BCUT2D eigenvalue weighted by molar-refractivity contribution is 0.107. The van der Waals surface area contributed by atoms with Crippen molar-refractivity contribution in [1.82, 2.24) is 0 Å². The van der Waals surface area contributed by atoms with Gasteiger partial charge in [0.1, 0.15) is 18.2 Å². The Labute approximate surface area is 159 Å². The summed E-state index contributed by atoms with van der Waals surface area (Å²) < 4.78 is 19.4. The van der Waals surface area contributed by atoms with Gasteiger partial charge in [0.2, 0.25) is 0 Å². The van der Waals surface area contributed by atoms with Crippen LogP contribution in [0, 0.1) is 11.9 Å². The van der Waals surface area contributed by atoms with Gasteiger partial charge >= 0.3 is 0 Å². The van der Waals surface area contributed by atoms with Gasteiger partial charge in [0.25, 0.3) is 0 Å². The normalized spacial score (nSPS) is 11.3. The molecule has 0 spiro atoms. The van der Waals surface area contributed by atoms with Crippen LogP contribution in [0.2, 0.25) is 0 Å². The first kappa shape index (κ1) is 18.6. The Hall–Kier alpha value is -3.14. The maximum absolute atomic E-state index is 13.9. The van der Waals surface area contributed by atoms with Crippen LogP contribution in [0.3, 0.4) is 0 Å². The number of ether oxygens (including phenoxy) is 1. The number of oxime groups is 1. The first-order chi connectivity index (χ1) is 13.3. The molecule has 3 nitrogen and oxygen atoms in total. The third-order valence-electron chi connectivity index (χ3n) is 4.03. The molecule has 0 aliphatic heterocycles. The van der Waals surface area contributed by atoms with E-state index in [1.165, 1.54) is 6.07 Å². The van der Waals surface area contributed by atoms with E-state index in [2.05, 4.69) is 11.2 Å². The van der Waals surface area contributed by atoms with Gasteiger partial charge in [-0.25, -0.2) is 4.39 Å². The zero-order valence-corrected chi connectivity index (χ0v) is 15.2. The van der Waals surface area contributed by atoms with Crippen molar-refractivity contribution in [1.29, 1.82) is 0 Å². The van der Waals surface area contributed by atoms with E-state index in [1.54, 1.807) is 18.2 Å². The Morgan fingerprint density at radius 1 is 1.00 bits per heavy atom. The van der Waals surface area contributed by atoms with E-state index in [0.717, 1.165) is 29.0 Å². The lowest BCUT2D eigenvalue weighted by atomic mass is 10.0. The van der Waals surface area contributed by atoms with E-state index < -0.39 is 0 Å². The van der Waals surface area contributed by atoms with Crippen molar-refractivity contribution in [3.8, 4) is 16.9 Å². The molecule has 137 valence electrons. The van der Waals surface area contributed by atoms with Crippen molar-refractivity contribution in [3.63, 3.8) is 0 Å². The van der Waals surface area contributed by atoms with Gasteiger partial charge in [0.05, 0.1) is 5.71 Å². The molecule has 0 aliphatic carbocycles. The van der Waals surface area contributed by atoms with Crippen molar-refractivity contribution < 1.29 is 14.0 Å². The van der Waals surface area contributed by atoms with E-state index in [-0.39, 0.29) is 5.82 Å². The summed E-state index contributed by atoms with van der Waals surface area (Å²) in [6.45, 7) is 2.78. The Balaban J connectivity index is 1.58. The van der Waals surface area contributed by atoms with Gasteiger partial charge in [-0.3, -0.25) is 0 Å². The number of rotatable bonds is 8. The van der Waals surface area contributed by atoms with Crippen molar-refractivity contribution >= 4 is 5.71 Å². The van der Waals surface area contributed by atoms with Gasteiger partial charge in [-0.15, -0.1) is 0 Å². The number of hydrogen-bond acceptors (Lipinski definition) is 3. The second-order valence-corrected chi connectivity index (χ2v) is 5.87. The molecule has 0 heterocycles. The van der Waals surface area contributed by atoms with Crippen LogP contribution in [0.5, 0.6) is 5.75 Å². The molecule has 3 aromatic carbocycles. The summed E-state index contributed by atoms with van der Waals surface area (Å²) in [5, 5.41) is 4.22. The summed E-state index contributed by atoms with van der Waals surface area (Å²) >= 11 is 0. The molecule has 0 bridgehead atoms. The van der Waals surface area contributed by atoms with E-state index >= 15 is 0 Å². The van der Waals surface area contributed by atoms with Crippen LogP contribution in [-0.2, 0) is 4.84 Å². The van der Waals surface area contributed by atoms with Crippen LogP contribution in [0.25, 0.3) is 11.1 Å². The second kappa shape index (κ2) is 9.53. The molecule has 1 radical (unpaired) electrons. The van der Waals surface area contributed by atoms with Crippen LogP contribution < -0.4 is 4.74 Å². The smallest absolute Gasteiger partial charge is 0.151 e. The maximum atomic E-state index is 13.9. The molecule has 3 aromatic rings. The summed E-state index contributed by atoms with van der Waals surface area (Å²) in [5.41, 5.74) is 3.21. The molecule has 0 aromatic heterocycles. The van der Waals surface area contributed by atoms with Gasteiger partial charge in [-0.1, -0.05) is 66.7 Å². The first-order valence-corrected chi connectivity index (χ1v) is 8.91. The minimum atomic E-state index is -0.228. The van der Waals surface area contributed by atoms with Crippen LogP contribution in [0.1, 0.15) is 18.9 Å². The quantitative estimate of drug-likeness (QED) is 0.301. The van der Waals surface area contributed by atoms with E-state index in [0.29, 0.717) is 18.8 Å². The molecule has 27 heavy (non-hydrogen) atoms. The molecule has 0 atom stereocenters. The lowest BCUT2D eigenvalue weighted by Gasteiger charge is -2.08. The highest BCUT2D eigenvalue weighted by molar-refractivity contribution is 6.00. The minimum absolute atomic E-state index is 0.228. The summed E-state index contributed by atoms with van der Waals surface area (Å²) in [6.07, 6.45) is 0.730. The number of halogens is 1. The average Bonchev–Trinajstić information content (AvgIpc) is 2.72. The summed E-state index contributed by atoms with van der Waals surface area (Å²) in [7, 11) is 0. The molecule has 0 aliphatic rings. The molecule has 3 rings (SSSR count). The summed E-state index contributed by atoms with van der Waals surface area (Å²) in [6, 6.07) is 24.7. The third-order valence-corrected chi connectivity index (χ3v) is 4.03. The topological polar surface area (TPSA) is 30.8 Å². The SMILES string of the molecule is CCC(=NOCCOc1c[c]ccc1)c1ccc(-c2ccccc2F)cc1. The minimum Gasteiger partial charge on any atom is -0.490 e.